The fourth-order valence-corrected chi connectivity index (χ4v) is 4.43. The molecule has 0 atom stereocenters. The van der Waals surface area contributed by atoms with Crippen molar-refractivity contribution in [3.05, 3.63) is 83.4 Å². The number of carbonyl (C=O) groups excluding carboxylic acids is 1. The molecule has 0 saturated carbocycles. The highest BCUT2D eigenvalue weighted by atomic mass is 35.5. The fraction of sp³-hybridized carbons (Fsp3) is 0.136. The minimum absolute atomic E-state index is 0.188. The summed E-state index contributed by atoms with van der Waals surface area (Å²) in [4.78, 5) is 20.9. The van der Waals surface area contributed by atoms with E-state index in [1.54, 1.807) is 42.5 Å². The van der Waals surface area contributed by atoms with Crippen molar-refractivity contribution in [3.8, 4) is 0 Å². The molecule has 0 saturated heterocycles. The van der Waals surface area contributed by atoms with E-state index in [1.165, 1.54) is 18.3 Å². The molecule has 0 spiro atoms. The number of fused-ring (bicyclic) bond motifs is 1. The van der Waals surface area contributed by atoms with Gasteiger partial charge < -0.3 is 9.88 Å². The summed E-state index contributed by atoms with van der Waals surface area (Å²) in [5.74, 6) is 0.517. The van der Waals surface area contributed by atoms with Gasteiger partial charge in [0.2, 0.25) is 0 Å². The molecule has 2 N–H and O–H groups in total. The average Bonchev–Trinajstić information content (AvgIpc) is 3.09. The normalized spacial score (nSPS) is 11.4. The second kappa shape index (κ2) is 8.97. The number of nitrogens with zero attached hydrogens (tertiary/aromatic N) is 3. The molecule has 2 aromatic carbocycles. The van der Waals surface area contributed by atoms with Crippen LogP contribution >= 0.6 is 11.6 Å². The average molecular weight is 470 g/mol. The van der Waals surface area contributed by atoms with Crippen molar-refractivity contribution in [2.45, 2.75) is 11.3 Å². The van der Waals surface area contributed by atoms with Crippen molar-refractivity contribution in [3.63, 3.8) is 0 Å². The Labute approximate surface area is 190 Å². The van der Waals surface area contributed by atoms with Crippen LogP contribution < -0.4 is 10.0 Å². The Hall–Kier alpha value is -3.43. The first-order valence-electron chi connectivity index (χ1n) is 9.76. The van der Waals surface area contributed by atoms with Crippen LogP contribution in [0.3, 0.4) is 0 Å². The number of sulfonamides is 1. The Morgan fingerprint density at radius 3 is 2.59 bits per heavy atom. The van der Waals surface area contributed by atoms with Gasteiger partial charge in [-0.15, -0.1) is 0 Å². The van der Waals surface area contributed by atoms with Crippen molar-refractivity contribution in [1.82, 2.24) is 19.9 Å². The molecule has 0 aliphatic carbocycles. The minimum atomic E-state index is -3.68. The van der Waals surface area contributed by atoms with Gasteiger partial charge in [0.25, 0.3) is 15.9 Å². The van der Waals surface area contributed by atoms with Crippen molar-refractivity contribution >= 4 is 44.3 Å². The Morgan fingerprint density at radius 1 is 1.09 bits per heavy atom. The molecule has 0 bridgehead atoms. The van der Waals surface area contributed by atoms with E-state index in [-0.39, 0.29) is 10.8 Å². The van der Waals surface area contributed by atoms with E-state index in [1.807, 2.05) is 17.7 Å². The summed E-state index contributed by atoms with van der Waals surface area (Å²) in [6.45, 7) is 0.381. The molecule has 0 radical (unpaired) electrons. The third kappa shape index (κ3) is 4.74. The van der Waals surface area contributed by atoms with E-state index in [0.717, 1.165) is 11.3 Å². The number of rotatable bonds is 7. The quantitative estimate of drug-likeness (QED) is 0.403. The second-order valence-electron chi connectivity index (χ2n) is 7.08. The largest absolute Gasteiger partial charge is 0.352 e. The molecule has 10 heteroatoms. The molecule has 8 nitrogen and oxygen atoms in total. The molecule has 0 aliphatic heterocycles. The van der Waals surface area contributed by atoms with Crippen molar-refractivity contribution in [2.24, 2.45) is 7.05 Å². The second-order valence-corrected chi connectivity index (χ2v) is 9.15. The van der Waals surface area contributed by atoms with Crippen LogP contribution in [0.2, 0.25) is 5.15 Å². The van der Waals surface area contributed by atoms with Crippen molar-refractivity contribution in [1.29, 1.82) is 0 Å². The summed E-state index contributed by atoms with van der Waals surface area (Å²) in [5.41, 5.74) is 2.36. The van der Waals surface area contributed by atoms with E-state index in [0.29, 0.717) is 34.9 Å². The predicted octanol–water partition coefficient (Wildman–Crippen LogP) is 3.40. The maximum atomic E-state index is 12.6. The number of hydrogen-bond acceptors (Lipinski definition) is 5. The van der Waals surface area contributed by atoms with Gasteiger partial charge in [-0.3, -0.25) is 9.52 Å². The molecule has 4 aromatic rings. The van der Waals surface area contributed by atoms with Gasteiger partial charge in [0.15, 0.2) is 0 Å². The zero-order chi connectivity index (χ0) is 22.7. The van der Waals surface area contributed by atoms with Crippen LogP contribution in [0.4, 0.5) is 5.69 Å². The van der Waals surface area contributed by atoms with Gasteiger partial charge in [-0.2, -0.15) is 0 Å². The number of pyridine rings is 1. The van der Waals surface area contributed by atoms with Crippen molar-refractivity contribution < 1.29 is 13.2 Å². The molecular weight excluding hydrogens is 450 g/mol. The van der Waals surface area contributed by atoms with Crippen LogP contribution in [-0.4, -0.2) is 35.4 Å². The lowest BCUT2D eigenvalue weighted by atomic mass is 10.2. The lowest BCUT2D eigenvalue weighted by Crippen LogP contribution is -2.26. The summed E-state index contributed by atoms with van der Waals surface area (Å²) >= 11 is 5.74. The summed E-state index contributed by atoms with van der Waals surface area (Å²) in [6.07, 6.45) is 1.92. The number of aromatic nitrogens is 3. The maximum absolute atomic E-state index is 12.6. The summed E-state index contributed by atoms with van der Waals surface area (Å²) in [5, 5.41) is 3.16. The van der Waals surface area contributed by atoms with Gasteiger partial charge in [-0.05, 0) is 42.5 Å². The third-order valence-corrected chi connectivity index (χ3v) is 6.52. The highest BCUT2D eigenvalue weighted by Gasteiger charge is 2.15. The van der Waals surface area contributed by atoms with Gasteiger partial charge in [-0.25, -0.2) is 18.4 Å². The standard InChI is InChI=1S/C22H20ClN5O3S/c1-28-19-9-8-16(27-32(30,31)17-5-3-2-4-6-17)13-18(19)26-21(28)11-12-24-22(29)15-7-10-20(23)25-14-15/h2-10,13-14,27H,11-12H2,1H3,(H,24,29). The lowest BCUT2D eigenvalue weighted by molar-refractivity contribution is 0.0953. The first-order chi connectivity index (χ1) is 15.3. The molecule has 1 amide bonds. The zero-order valence-corrected chi connectivity index (χ0v) is 18.7. The van der Waals surface area contributed by atoms with E-state index in [9.17, 15) is 13.2 Å². The summed E-state index contributed by atoms with van der Waals surface area (Å²) in [7, 11) is -1.81. The minimum Gasteiger partial charge on any atom is -0.352 e. The molecule has 0 aliphatic rings. The monoisotopic (exact) mass is 469 g/mol. The number of aryl methyl sites for hydroxylation is 1. The van der Waals surface area contributed by atoms with Gasteiger partial charge in [0.05, 0.1) is 27.2 Å². The van der Waals surface area contributed by atoms with Gasteiger partial charge in [0.1, 0.15) is 11.0 Å². The van der Waals surface area contributed by atoms with Crippen LogP contribution in [0.5, 0.6) is 0 Å². The smallest absolute Gasteiger partial charge is 0.261 e. The first kappa shape index (κ1) is 21.8. The number of imidazole rings is 1. The number of amides is 1. The Morgan fingerprint density at radius 2 is 1.88 bits per heavy atom. The van der Waals surface area contributed by atoms with E-state index >= 15 is 0 Å². The van der Waals surface area contributed by atoms with E-state index in [2.05, 4.69) is 20.0 Å². The highest BCUT2D eigenvalue weighted by Crippen LogP contribution is 2.22. The Balaban J connectivity index is 1.45. The highest BCUT2D eigenvalue weighted by molar-refractivity contribution is 7.92. The lowest BCUT2D eigenvalue weighted by Gasteiger charge is -2.08. The Kier molecular flexibility index (Phi) is 6.11. The molecule has 0 unspecified atom stereocenters. The number of benzene rings is 2. The van der Waals surface area contributed by atoms with E-state index in [4.69, 9.17) is 11.6 Å². The number of nitrogens with one attached hydrogen (secondary N) is 2. The number of anilines is 1. The molecular formula is C22H20ClN5O3S. The van der Waals surface area contributed by atoms with Gasteiger partial charge >= 0.3 is 0 Å². The Bertz CT molecular complexity index is 1370. The number of halogens is 1. The van der Waals surface area contributed by atoms with Crippen LogP contribution in [0.25, 0.3) is 11.0 Å². The predicted molar refractivity (Wildman–Crippen MR) is 123 cm³/mol. The van der Waals surface area contributed by atoms with Gasteiger partial charge in [-0.1, -0.05) is 29.8 Å². The zero-order valence-electron chi connectivity index (χ0n) is 17.1. The fourth-order valence-electron chi connectivity index (χ4n) is 3.25. The SMILES string of the molecule is Cn1c(CCNC(=O)c2ccc(Cl)nc2)nc2cc(NS(=O)(=O)c3ccccc3)ccc21. The summed E-state index contributed by atoms with van der Waals surface area (Å²) < 4.78 is 29.6. The van der Waals surface area contributed by atoms with Crippen LogP contribution in [-0.2, 0) is 23.5 Å². The van der Waals surface area contributed by atoms with Crippen LogP contribution in [0.1, 0.15) is 16.2 Å². The number of carbonyl (C=O) groups is 1. The molecule has 32 heavy (non-hydrogen) atoms. The van der Waals surface area contributed by atoms with E-state index < -0.39 is 10.0 Å². The molecule has 2 aromatic heterocycles. The van der Waals surface area contributed by atoms with Crippen molar-refractivity contribution in [2.75, 3.05) is 11.3 Å². The maximum Gasteiger partial charge on any atom is 0.261 e. The molecule has 2 heterocycles. The molecule has 4 rings (SSSR count). The van der Waals surface area contributed by atoms with Gasteiger partial charge in [0, 0.05) is 26.2 Å². The molecule has 164 valence electrons. The molecule has 0 fully saturated rings. The van der Waals surface area contributed by atoms with Crippen LogP contribution in [0.15, 0.2) is 71.8 Å². The first-order valence-corrected chi connectivity index (χ1v) is 11.6. The number of hydrogen-bond donors (Lipinski definition) is 2. The topological polar surface area (TPSA) is 106 Å². The third-order valence-electron chi connectivity index (χ3n) is 4.90. The summed E-state index contributed by atoms with van der Waals surface area (Å²) in [6, 6.07) is 16.5. The van der Waals surface area contributed by atoms with Crippen LogP contribution in [0, 0.1) is 0 Å².